The fraction of sp³-hybridized carbons (Fsp3) is 0.178. The van der Waals surface area contributed by atoms with Crippen LogP contribution in [0.25, 0.3) is 5.57 Å². The van der Waals surface area contributed by atoms with Gasteiger partial charge in [0, 0.05) is 24.9 Å². The summed E-state index contributed by atoms with van der Waals surface area (Å²) in [5, 5.41) is 10.2. The van der Waals surface area contributed by atoms with Gasteiger partial charge in [-0.2, -0.15) is 0 Å². The zero-order valence-electron chi connectivity index (χ0n) is 29.0. The molecule has 0 unspecified atom stereocenters. The fourth-order valence-electron chi connectivity index (χ4n) is 7.53. The lowest BCUT2D eigenvalue weighted by Gasteiger charge is -2.37. The molecule has 0 spiro atoms. The van der Waals surface area contributed by atoms with E-state index in [2.05, 4.69) is 142 Å². The highest BCUT2D eigenvalue weighted by Gasteiger charge is 2.38. The molecular formula is C45H40FN5S. The first-order chi connectivity index (χ1) is 25.7. The van der Waals surface area contributed by atoms with Crippen molar-refractivity contribution in [2.75, 3.05) is 0 Å². The second-order valence-corrected chi connectivity index (χ2v) is 14.2. The number of rotatable bonds is 14. The van der Waals surface area contributed by atoms with Gasteiger partial charge in [0.1, 0.15) is 17.2 Å². The lowest BCUT2D eigenvalue weighted by atomic mass is 9.77. The van der Waals surface area contributed by atoms with Gasteiger partial charge in [0.05, 0.1) is 12.0 Å². The molecule has 5 aromatic carbocycles. The van der Waals surface area contributed by atoms with E-state index in [1.807, 2.05) is 12.4 Å². The quantitative estimate of drug-likeness (QED) is 0.0837. The summed E-state index contributed by atoms with van der Waals surface area (Å²) in [6, 6.07) is 47.5. The number of nitrogens with zero attached hydrogens (tertiary/aromatic N) is 5. The van der Waals surface area contributed by atoms with Gasteiger partial charge in [-0.15, -0.1) is 10.2 Å². The third-order valence-corrected chi connectivity index (χ3v) is 11.1. The highest BCUT2D eigenvalue weighted by atomic mass is 32.2. The fourth-order valence-corrected chi connectivity index (χ4v) is 8.45. The summed E-state index contributed by atoms with van der Waals surface area (Å²) in [6.07, 6.45) is 10.9. The number of halogens is 1. The minimum absolute atomic E-state index is 0.222. The molecule has 0 bridgehead atoms. The number of aryl methyl sites for hydroxylation is 2. The van der Waals surface area contributed by atoms with Crippen LogP contribution in [0.4, 0.5) is 4.39 Å². The zero-order valence-corrected chi connectivity index (χ0v) is 29.8. The molecule has 0 amide bonds. The van der Waals surface area contributed by atoms with Crippen molar-refractivity contribution < 1.29 is 4.39 Å². The van der Waals surface area contributed by atoms with Crippen molar-refractivity contribution in [3.8, 4) is 0 Å². The van der Waals surface area contributed by atoms with E-state index < -0.39 is 5.54 Å². The topological polar surface area (TPSA) is 48.5 Å². The molecule has 0 atom stereocenters. The molecule has 0 saturated carbocycles. The maximum Gasteiger partial charge on any atom is 0.191 e. The number of fused-ring (bicyclic) bond motifs is 1. The van der Waals surface area contributed by atoms with Crippen LogP contribution in [0.1, 0.15) is 57.7 Å². The van der Waals surface area contributed by atoms with Gasteiger partial charge in [0.15, 0.2) is 5.16 Å². The van der Waals surface area contributed by atoms with E-state index in [9.17, 15) is 4.39 Å². The Labute approximate surface area is 308 Å². The van der Waals surface area contributed by atoms with Crippen LogP contribution in [0.3, 0.4) is 0 Å². The van der Waals surface area contributed by atoms with Gasteiger partial charge in [-0.1, -0.05) is 145 Å². The van der Waals surface area contributed by atoms with Crippen LogP contribution in [0.5, 0.6) is 0 Å². The Morgan fingerprint density at radius 1 is 0.692 bits per heavy atom. The molecule has 7 aromatic rings. The highest BCUT2D eigenvalue weighted by molar-refractivity contribution is 7.98. The molecule has 1 aliphatic carbocycles. The van der Waals surface area contributed by atoms with Crippen LogP contribution in [0.2, 0.25) is 0 Å². The summed E-state index contributed by atoms with van der Waals surface area (Å²) in [6.45, 7) is 0.761. The molecular weight excluding hydrogens is 662 g/mol. The van der Waals surface area contributed by atoms with Crippen LogP contribution in [0.15, 0.2) is 163 Å². The van der Waals surface area contributed by atoms with Gasteiger partial charge < -0.3 is 9.13 Å². The summed E-state index contributed by atoms with van der Waals surface area (Å²) in [7, 11) is 0. The van der Waals surface area contributed by atoms with Crippen LogP contribution in [0, 0.1) is 5.82 Å². The first kappa shape index (κ1) is 33.6. The first-order valence-electron chi connectivity index (χ1n) is 17.9. The number of thioether (sulfide) groups is 1. The predicted octanol–water partition coefficient (Wildman–Crippen LogP) is 9.95. The predicted molar refractivity (Wildman–Crippen MR) is 208 cm³/mol. The van der Waals surface area contributed by atoms with Crippen molar-refractivity contribution in [2.45, 2.75) is 55.1 Å². The lowest BCUT2D eigenvalue weighted by Crippen LogP contribution is -2.36. The van der Waals surface area contributed by atoms with Crippen molar-refractivity contribution in [1.29, 1.82) is 0 Å². The molecule has 258 valence electrons. The second kappa shape index (κ2) is 15.4. The molecule has 5 nitrogen and oxygen atoms in total. The molecule has 8 rings (SSSR count). The molecule has 52 heavy (non-hydrogen) atoms. The number of imidazole rings is 1. The number of hydrogen-bond acceptors (Lipinski definition) is 4. The average molecular weight is 702 g/mol. The smallest absolute Gasteiger partial charge is 0.191 e. The third-order valence-electron chi connectivity index (χ3n) is 10.0. The monoisotopic (exact) mass is 701 g/mol. The molecule has 0 radical (unpaired) electrons. The van der Waals surface area contributed by atoms with Crippen LogP contribution in [-0.2, 0) is 37.1 Å². The van der Waals surface area contributed by atoms with E-state index in [4.69, 9.17) is 10.1 Å². The summed E-state index contributed by atoms with van der Waals surface area (Å²) < 4.78 is 18.5. The Balaban J connectivity index is 1.05. The van der Waals surface area contributed by atoms with Crippen molar-refractivity contribution in [2.24, 2.45) is 0 Å². The third kappa shape index (κ3) is 6.89. The van der Waals surface area contributed by atoms with E-state index in [0.717, 1.165) is 60.9 Å². The van der Waals surface area contributed by atoms with E-state index in [0.29, 0.717) is 5.75 Å². The van der Waals surface area contributed by atoms with Gasteiger partial charge in [0.2, 0.25) is 0 Å². The van der Waals surface area contributed by atoms with E-state index in [1.54, 1.807) is 23.9 Å². The minimum atomic E-state index is -0.593. The number of allylic oxidation sites excluding steroid dienone is 2. The second-order valence-electron chi connectivity index (χ2n) is 13.2. The van der Waals surface area contributed by atoms with Crippen molar-refractivity contribution in [1.82, 2.24) is 24.3 Å². The minimum Gasteiger partial charge on any atom is -0.319 e. The molecule has 2 heterocycles. The molecule has 1 aliphatic rings. The average Bonchev–Trinajstić information content (AvgIpc) is 3.94. The Kier molecular flexibility index (Phi) is 9.94. The van der Waals surface area contributed by atoms with Crippen LogP contribution in [-0.4, -0.2) is 24.3 Å². The molecule has 0 fully saturated rings. The molecule has 0 aliphatic heterocycles. The number of aromatic nitrogens is 5. The summed E-state index contributed by atoms with van der Waals surface area (Å²) in [5.74, 6) is 1.38. The van der Waals surface area contributed by atoms with E-state index >= 15 is 0 Å². The Bertz CT molecular complexity index is 2180. The highest BCUT2D eigenvalue weighted by Crippen LogP contribution is 2.41. The van der Waals surface area contributed by atoms with Crippen LogP contribution < -0.4 is 0 Å². The summed E-state index contributed by atoms with van der Waals surface area (Å²) in [4.78, 5) is 4.99. The van der Waals surface area contributed by atoms with Gasteiger partial charge in [0.25, 0.3) is 0 Å². The number of hydrogen-bond donors (Lipinski definition) is 0. The first-order valence-corrected chi connectivity index (χ1v) is 18.9. The SMILES string of the molecule is Fc1cccc(CSc2nnc(CCC3=CCc4ccccc43)n2CCCc2cn(C(c3ccccc3)(c3ccccc3)c3ccccc3)cn2)c1. The van der Waals surface area contributed by atoms with Crippen LogP contribution >= 0.6 is 11.8 Å². The van der Waals surface area contributed by atoms with Gasteiger partial charge in [-0.3, -0.25) is 0 Å². The Hall–Kier alpha value is -5.53. The number of benzene rings is 5. The molecule has 2 aromatic heterocycles. The Morgan fingerprint density at radius 3 is 2.06 bits per heavy atom. The largest absolute Gasteiger partial charge is 0.319 e. The molecule has 0 saturated heterocycles. The van der Waals surface area contributed by atoms with Crippen molar-refractivity contribution in [3.63, 3.8) is 0 Å². The molecule has 7 heteroatoms. The van der Waals surface area contributed by atoms with Crippen molar-refractivity contribution >= 4 is 17.3 Å². The summed E-state index contributed by atoms with van der Waals surface area (Å²) in [5.41, 5.74) is 9.00. The van der Waals surface area contributed by atoms with Gasteiger partial charge in [-0.05, 0) is 76.8 Å². The van der Waals surface area contributed by atoms with E-state index in [1.165, 1.54) is 39.5 Å². The maximum atomic E-state index is 14.0. The van der Waals surface area contributed by atoms with Gasteiger partial charge in [-0.25, -0.2) is 9.37 Å². The van der Waals surface area contributed by atoms with Crippen molar-refractivity contribution in [3.05, 3.63) is 209 Å². The normalized spacial score (nSPS) is 12.5. The molecule has 0 N–H and O–H groups in total. The Morgan fingerprint density at radius 2 is 1.37 bits per heavy atom. The maximum absolute atomic E-state index is 14.0. The summed E-state index contributed by atoms with van der Waals surface area (Å²) >= 11 is 1.61. The zero-order chi connectivity index (χ0) is 35.2. The van der Waals surface area contributed by atoms with Gasteiger partial charge >= 0.3 is 0 Å². The van der Waals surface area contributed by atoms with E-state index in [-0.39, 0.29) is 5.82 Å². The standard InChI is InChI=1S/C45H40FN5S/c46-40-22-12-14-34(30-40)32-52-44-49-48-43(28-27-36-26-25-35-15-10-11-24-42(35)36)51(44)29-13-23-41-31-50(33-47-41)45(37-16-4-1-5-17-37,38-18-6-2-7-19-38)39-20-8-3-9-21-39/h1-12,14-22,24,26,30-31,33H,13,23,25,27-29,32H2. The lowest BCUT2D eigenvalue weighted by molar-refractivity contribution is 0.513.